The highest BCUT2D eigenvalue weighted by molar-refractivity contribution is 8.04. The molecule has 1 heterocycles. The van der Waals surface area contributed by atoms with E-state index in [2.05, 4.69) is 18.0 Å². The van der Waals surface area contributed by atoms with Gasteiger partial charge in [0.2, 0.25) is 0 Å². The molecule has 0 nitrogen and oxygen atoms in total. The Hall–Kier alpha value is 0.700. The maximum atomic E-state index is 3.75. The zero-order valence-corrected chi connectivity index (χ0v) is 6.56. The SMILES string of the molecule is [CH2]SCC1CCCS1. The normalized spacial score (nSPS) is 28.9. The number of thioether (sulfide) groups is 2. The van der Waals surface area contributed by atoms with E-state index < -0.39 is 0 Å². The first kappa shape index (κ1) is 6.81. The van der Waals surface area contributed by atoms with Gasteiger partial charge in [-0.05, 0) is 18.6 Å². The Morgan fingerprint density at radius 2 is 2.62 bits per heavy atom. The van der Waals surface area contributed by atoms with Gasteiger partial charge in [0, 0.05) is 17.3 Å². The van der Waals surface area contributed by atoms with Crippen molar-refractivity contribution < 1.29 is 0 Å². The second kappa shape index (κ2) is 3.67. The number of hydrogen-bond acceptors (Lipinski definition) is 2. The van der Waals surface area contributed by atoms with Crippen LogP contribution in [0.4, 0.5) is 0 Å². The summed E-state index contributed by atoms with van der Waals surface area (Å²) in [5, 5.41) is 0.928. The van der Waals surface area contributed by atoms with Crippen LogP contribution in [0.15, 0.2) is 0 Å². The van der Waals surface area contributed by atoms with Gasteiger partial charge in [-0.25, -0.2) is 0 Å². The Kier molecular flexibility index (Phi) is 3.13. The van der Waals surface area contributed by atoms with E-state index in [-0.39, 0.29) is 0 Å². The topological polar surface area (TPSA) is 0 Å². The van der Waals surface area contributed by atoms with Crippen molar-refractivity contribution in [2.75, 3.05) is 11.5 Å². The van der Waals surface area contributed by atoms with Gasteiger partial charge in [-0.15, -0.1) is 0 Å². The molecule has 1 radical (unpaired) electrons. The van der Waals surface area contributed by atoms with E-state index in [9.17, 15) is 0 Å². The van der Waals surface area contributed by atoms with Crippen molar-refractivity contribution in [2.24, 2.45) is 0 Å². The summed E-state index contributed by atoms with van der Waals surface area (Å²) in [6.07, 6.45) is 6.60. The molecular formula is C6H11S2. The summed E-state index contributed by atoms with van der Waals surface area (Å²) >= 11 is 3.83. The summed E-state index contributed by atoms with van der Waals surface area (Å²) in [7, 11) is 0. The van der Waals surface area contributed by atoms with Crippen LogP contribution >= 0.6 is 23.5 Å². The van der Waals surface area contributed by atoms with E-state index in [0.717, 1.165) is 5.25 Å². The Labute approximate surface area is 59.8 Å². The van der Waals surface area contributed by atoms with Crippen molar-refractivity contribution in [3.8, 4) is 0 Å². The third-order valence-corrected chi connectivity index (χ3v) is 3.57. The molecule has 1 unspecified atom stereocenters. The van der Waals surface area contributed by atoms with Gasteiger partial charge in [0.05, 0.1) is 0 Å². The molecule has 2 heteroatoms. The average molecular weight is 147 g/mol. The minimum absolute atomic E-state index is 0.928. The largest absolute Gasteiger partial charge is 0.160 e. The van der Waals surface area contributed by atoms with Crippen molar-refractivity contribution in [3.05, 3.63) is 6.26 Å². The van der Waals surface area contributed by atoms with E-state index in [0.29, 0.717) is 0 Å². The molecule has 0 saturated carbocycles. The molecule has 1 rings (SSSR count). The van der Waals surface area contributed by atoms with Gasteiger partial charge in [-0.1, -0.05) is 0 Å². The van der Waals surface area contributed by atoms with E-state index in [4.69, 9.17) is 0 Å². The van der Waals surface area contributed by atoms with E-state index >= 15 is 0 Å². The molecule has 0 spiro atoms. The summed E-state index contributed by atoms with van der Waals surface area (Å²) in [6.45, 7) is 0. The minimum atomic E-state index is 0.928. The average Bonchev–Trinajstić information content (AvgIpc) is 2.19. The van der Waals surface area contributed by atoms with Crippen LogP contribution in [0.25, 0.3) is 0 Å². The highest BCUT2D eigenvalue weighted by Gasteiger charge is 2.13. The van der Waals surface area contributed by atoms with Gasteiger partial charge in [-0.3, -0.25) is 0 Å². The van der Waals surface area contributed by atoms with E-state index in [1.165, 1.54) is 24.3 Å². The third kappa shape index (κ3) is 1.90. The molecule has 0 aromatic carbocycles. The smallest absolute Gasteiger partial charge is 0.0138 e. The van der Waals surface area contributed by atoms with Crippen LogP contribution in [-0.4, -0.2) is 16.8 Å². The lowest BCUT2D eigenvalue weighted by Crippen LogP contribution is -1.97. The van der Waals surface area contributed by atoms with Crippen molar-refractivity contribution in [1.82, 2.24) is 0 Å². The predicted molar refractivity (Wildman–Crippen MR) is 43.3 cm³/mol. The summed E-state index contributed by atoms with van der Waals surface area (Å²) in [5.41, 5.74) is 0. The van der Waals surface area contributed by atoms with Crippen LogP contribution in [0.2, 0.25) is 0 Å². The fourth-order valence-corrected chi connectivity index (χ4v) is 3.01. The van der Waals surface area contributed by atoms with E-state index in [1.54, 1.807) is 11.8 Å². The van der Waals surface area contributed by atoms with Gasteiger partial charge in [0.25, 0.3) is 0 Å². The standard InChI is InChI=1S/C6H11S2/c1-7-5-6-3-2-4-8-6/h6H,1-5H2. The molecular weight excluding hydrogens is 136 g/mol. The highest BCUT2D eigenvalue weighted by Crippen LogP contribution is 2.28. The molecule has 0 N–H and O–H groups in total. The van der Waals surface area contributed by atoms with Gasteiger partial charge in [0.15, 0.2) is 0 Å². The zero-order chi connectivity index (χ0) is 5.82. The van der Waals surface area contributed by atoms with Crippen LogP contribution in [0.5, 0.6) is 0 Å². The molecule has 1 saturated heterocycles. The first-order chi connectivity index (χ1) is 3.93. The number of rotatable bonds is 2. The maximum Gasteiger partial charge on any atom is 0.0138 e. The first-order valence-corrected chi connectivity index (χ1v) is 5.12. The molecule has 1 fully saturated rings. The molecule has 1 aliphatic rings. The van der Waals surface area contributed by atoms with Crippen molar-refractivity contribution in [2.45, 2.75) is 18.1 Å². The van der Waals surface area contributed by atoms with Gasteiger partial charge >= 0.3 is 0 Å². The molecule has 0 amide bonds. The predicted octanol–water partition coefficient (Wildman–Crippen LogP) is 2.41. The minimum Gasteiger partial charge on any atom is -0.160 e. The van der Waals surface area contributed by atoms with Crippen LogP contribution in [0, 0.1) is 6.26 Å². The first-order valence-electron chi connectivity index (χ1n) is 2.92. The summed E-state index contributed by atoms with van der Waals surface area (Å²) < 4.78 is 0. The number of hydrogen-bond donors (Lipinski definition) is 0. The molecule has 0 aromatic rings. The van der Waals surface area contributed by atoms with Gasteiger partial charge in [-0.2, -0.15) is 23.5 Å². The maximum absolute atomic E-state index is 3.75. The monoisotopic (exact) mass is 147 g/mol. The van der Waals surface area contributed by atoms with Crippen LogP contribution in [-0.2, 0) is 0 Å². The Morgan fingerprint density at radius 3 is 3.12 bits per heavy atom. The molecule has 1 aliphatic heterocycles. The zero-order valence-electron chi connectivity index (χ0n) is 4.93. The molecule has 0 aliphatic carbocycles. The van der Waals surface area contributed by atoms with Crippen LogP contribution < -0.4 is 0 Å². The summed E-state index contributed by atoms with van der Waals surface area (Å²) in [6, 6.07) is 0. The molecule has 0 aromatic heterocycles. The Morgan fingerprint density at radius 1 is 1.75 bits per heavy atom. The summed E-state index contributed by atoms with van der Waals surface area (Å²) in [4.78, 5) is 0. The Bertz CT molecular complexity index is 57.5. The van der Waals surface area contributed by atoms with E-state index in [1.807, 2.05) is 0 Å². The Balaban J connectivity index is 2.06. The lowest BCUT2D eigenvalue weighted by molar-refractivity contribution is 0.845. The lowest BCUT2D eigenvalue weighted by atomic mass is 10.3. The molecule has 1 atom stereocenters. The van der Waals surface area contributed by atoms with Gasteiger partial charge < -0.3 is 0 Å². The van der Waals surface area contributed by atoms with Crippen molar-refractivity contribution >= 4 is 23.5 Å². The summed E-state index contributed by atoms with van der Waals surface area (Å²) in [5.74, 6) is 2.63. The van der Waals surface area contributed by atoms with Crippen molar-refractivity contribution in [1.29, 1.82) is 0 Å². The van der Waals surface area contributed by atoms with Crippen LogP contribution in [0.1, 0.15) is 12.8 Å². The second-order valence-corrected chi connectivity index (χ2v) is 4.16. The quantitative estimate of drug-likeness (QED) is 0.588. The molecule has 8 heavy (non-hydrogen) atoms. The fourth-order valence-electron chi connectivity index (χ4n) is 0.907. The highest BCUT2D eigenvalue weighted by atomic mass is 32.2. The van der Waals surface area contributed by atoms with Crippen molar-refractivity contribution in [3.63, 3.8) is 0 Å². The molecule has 47 valence electrons. The third-order valence-electron chi connectivity index (χ3n) is 1.33. The molecule has 0 bridgehead atoms. The van der Waals surface area contributed by atoms with Crippen LogP contribution in [0.3, 0.4) is 0 Å². The second-order valence-electron chi connectivity index (χ2n) is 2.01. The lowest BCUT2D eigenvalue weighted by Gasteiger charge is -2.02. The fraction of sp³-hybridized carbons (Fsp3) is 0.833. The van der Waals surface area contributed by atoms with Gasteiger partial charge in [0.1, 0.15) is 0 Å².